The number of aliphatic carboxylic acids is 1. The van der Waals surface area contributed by atoms with Crippen LogP contribution >= 0.6 is 0 Å². The topological polar surface area (TPSA) is 66.4 Å². The van der Waals surface area contributed by atoms with Gasteiger partial charge in [-0.15, -0.1) is 0 Å². The summed E-state index contributed by atoms with van der Waals surface area (Å²) < 4.78 is 0. The molecule has 1 atom stereocenters. The Morgan fingerprint density at radius 1 is 1.14 bits per heavy atom. The molecule has 0 aliphatic rings. The van der Waals surface area contributed by atoms with E-state index in [1.807, 2.05) is 37.3 Å². The Morgan fingerprint density at radius 3 is 2.43 bits per heavy atom. The Balaban J connectivity index is 2.69. The number of hydrogen-bond donors (Lipinski definition) is 2. The lowest BCUT2D eigenvalue weighted by molar-refractivity contribution is -0.137. The van der Waals surface area contributed by atoms with Gasteiger partial charge >= 0.3 is 5.97 Å². The highest BCUT2D eigenvalue weighted by atomic mass is 16.4. The van der Waals surface area contributed by atoms with Crippen molar-refractivity contribution in [1.82, 2.24) is 5.32 Å². The van der Waals surface area contributed by atoms with Crippen LogP contribution < -0.4 is 5.32 Å². The molecule has 2 N–H and O–H groups in total. The molecule has 0 saturated carbocycles. The highest BCUT2D eigenvalue weighted by molar-refractivity contribution is 5.88. The number of rotatable bonds is 7. The molecular weight excluding hydrogens is 266 g/mol. The van der Waals surface area contributed by atoms with Crippen molar-refractivity contribution in [2.75, 3.05) is 0 Å². The van der Waals surface area contributed by atoms with Crippen LogP contribution in [0.15, 0.2) is 66.8 Å². The van der Waals surface area contributed by atoms with Crippen LogP contribution in [0.4, 0.5) is 0 Å². The number of nitrogens with one attached hydrogen (secondary N) is 1. The molecule has 110 valence electrons. The van der Waals surface area contributed by atoms with Crippen LogP contribution in [-0.4, -0.2) is 17.0 Å². The Labute approximate surface area is 124 Å². The second-order valence-electron chi connectivity index (χ2n) is 4.34. The molecule has 0 unspecified atom stereocenters. The average Bonchev–Trinajstić information content (AvgIpc) is 2.47. The predicted molar refractivity (Wildman–Crippen MR) is 82.7 cm³/mol. The number of amides is 1. The SMILES string of the molecule is CC=CC=CC=CC(=O)N[C@@H](CC(=O)O)c1ccccc1. The van der Waals surface area contributed by atoms with Crippen molar-refractivity contribution in [2.24, 2.45) is 0 Å². The maximum atomic E-state index is 11.8. The Hall–Kier alpha value is -2.62. The van der Waals surface area contributed by atoms with E-state index in [4.69, 9.17) is 5.11 Å². The van der Waals surface area contributed by atoms with E-state index in [-0.39, 0.29) is 12.3 Å². The van der Waals surface area contributed by atoms with E-state index in [0.29, 0.717) is 0 Å². The lowest BCUT2D eigenvalue weighted by Gasteiger charge is -2.16. The van der Waals surface area contributed by atoms with Gasteiger partial charge in [0.15, 0.2) is 0 Å². The van der Waals surface area contributed by atoms with E-state index >= 15 is 0 Å². The first-order chi connectivity index (χ1) is 10.1. The first kappa shape index (κ1) is 16.4. The number of allylic oxidation sites excluding steroid dienone is 5. The summed E-state index contributed by atoms with van der Waals surface area (Å²) in [5.41, 5.74) is 0.770. The van der Waals surface area contributed by atoms with Crippen LogP contribution in [0.3, 0.4) is 0 Å². The highest BCUT2D eigenvalue weighted by Gasteiger charge is 2.16. The van der Waals surface area contributed by atoms with Crippen molar-refractivity contribution in [3.8, 4) is 0 Å². The van der Waals surface area contributed by atoms with Gasteiger partial charge < -0.3 is 10.4 Å². The molecule has 1 aromatic carbocycles. The summed E-state index contributed by atoms with van der Waals surface area (Å²) in [5.74, 6) is -1.28. The molecule has 0 heterocycles. The zero-order valence-corrected chi connectivity index (χ0v) is 11.9. The van der Waals surface area contributed by atoms with Gasteiger partial charge in [0.1, 0.15) is 0 Å². The summed E-state index contributed by atoms with van der Waals surface area (Å²) in [5, 5.41) is 11.6. The fraction of sp³-hybridized carbons (Fsp3) is 0.176. The zero-order chi connectivity index (χ0) is 15.5. The van der Waals surface area contributed by atoms with E-state index in [0.717, 1.165) is 5.56 Å². The molecule has 0 aliphatic heterocycles. The first-order valence-corrected chi connectivity index (χ1v) is 6.66. The highest BCUT2D eigenvalue weighted by Crippen LogP contribution is 2.16. The molecule has 0 aliphatic carbocycles. The third-order valence-corrected chi connectivity index (χ3v) is 2.67. The van der Waals surface area contributed by atoms with Gasteiger partial charge in [-0.25, -0.2) is 0 Å². The molecule has 0 radical (unpaired) electrons. The van der Waals surface area contributed by atoms with E-state index in [2.05, 4.69) is 5.32 Å². The van der Waals surface area contributed by atoms with E-state index in [9.17, 15) is 9.59 Å². The zero-order valence-electron chi connectivity index (χ0n) is 11.9. The number of carboxylic acid groups (broad SMARTS) is 1. The number of carbonyl (C=O) groups excluding carboxylic acids is 1. The van der Waals surface area contributed by atoms with E-state index < -0.39 is 12.0 Å². The second-order valence-corrected chi connectivity index (χ2v) is 4.34. The Kier molecular flexibility index (Phi) is 7.29. The van der Waals surface area contributed by atoms with Crippen molar-refractivity contribution in [3.63, 3.8) is 0 Å². The molecule has 21 heavy (non-hydrogen) atoms. The maximum absolute atomic E-state index is 11.8. The number of hydrogen-bond acceptors (Lipinski definition) is 2. The lowest BCUT2D eigenvalue weighted by atomic mass is 10.0. The van der Waals surface area contributed by atoms with Crippen LogP contribution in [0, 0.1) is 0 Å². The van der Waals surface area contributed by atoms with Crippen molar-refractivity contribution in [1.29, 1.82) is 0 Å². The minimum absolute atomic E-state index is 0.155. The average molecular weight is 285 g/mol. The molecule has 0 saturated heterocycles. The van der Waals surface area contributed by atoms with Crippen LogP contribution in [-0.2, 0) is 9.59 Å². The fourth-order valence-electron chi connectivity index (χ4n) is 1.71. The smallest absolute Gasteiger partial charge is 0.305 e. The van der Waals surface area contributed by atoms with E-state index in [1.54, 1.807) is 30.4 Å². The molecule has 0 fully saturated rings. The van der Waals surface area contributed by atoms with Crippen molar-refractivity contribution < 1.29 is 14.7 Å². The predicted octanol–water partition coefficient (Wildman–Crippen LogP) is 3.01. The molecule has 0 aromatic heterocycles. The van der Waals surface area contributed by atoms with Gasteiger partial charge in [0.25, 0.3) is 0 Å². The summed E-state index contributed by atoms with van der Waals surface area (Å²) in [6, 6.07) is 8.51. The van der Waals surface area contributed by atoms with Crippen LogP contribution in [0.25, 0.3) is 0 Å². The normalized spacial score (nSPS) is 13.0. The van der Waals surface area contributed by atoms with Crippen LogP contribution in [0.1, 0.15) is 24.9 Å². The van der Waals surface area contributed by atoms with Crippen LogP contribution in [0.2, 0.25) is 0 Å². The molecule has 1 amide bonds. The second kappa shape index (κ2) is 9.31. The standard InChI is InChI=1S/C17H19NO3/c1-2-3-4-5-9-12-16(19)18-15(13-17(20)21)14-10-7-6-8-11-14/h2-12,15H,13H2,1H3,(H,18,19)(H,20,21)/t15-/m0/s1. The summed E-state index contributed by atoms with van der Waals surface area (Å²) >= 11 is 0. The van der Waals surface area contributed by atoms with Crippen LogP contribution in [0.5, 0.6) is 0 Å². The third kappa shape index (κ3) is 6.92. The number of benzene rings is 1. The van der Waals surface area contributed by atoms with Gasteiger partial charge in [0, 0.05) is 6.08 Å². The molecule has 4 heteroatoms. The summed E-state index contributed by atoms with van der Waals surface area (Å²) in [6.45, 7) is 1.90. The van der Waals surface area contributed by atoms with Gasteiger partial charge in [-0.2, -0.15) is 0 Å². The minimum Gasteiger partial charge on any atom is -0.481 e. The Bertz CT molecular complexity index is 544. The van der Waals surface area contributed by atoms with Crippen molar-refractivity contribution in [2.45, 2.75) is 19.4 Å². The fourth-order valence-corrected chi connectivity index (χ4v) is 1.71. The summed E-state index contributed by atoms with van der Waals surface area (Å²) in [7, 11) is 0. The summed E-state index contributed by atoms with van der Waals surface area (Å²) in [6.07, 6.45) is 10.1. The number of carbonyl (C=O) groups is 2. The van der Waals surface area contributed by atoms with Crippen molar-refractivity contribution >= 4 is 11.9 Å². The molecule has 0 spiro atoms. The molecule has 0 bridgehead atoms. The van der Waals surface area contributed by atoms with Gasteiger partial charge in [-0.1, -0.05) is 60.7 Å². The molecule has 4 nitrogen and oxygen atoms in total. The largest absolute Gasteiger partial charge is 0.481 e. The first-order valence-electron chi connectivity index (χ1n) is 6.66. The maximum Gasteiger partial charge on any atom is 0.305 e. The van der Waals surface area contributed by atoms with Gasteiger partial charge in [0.05, 0.1) is 12.5 Å². The van der Waals surface area contributed by atoms with Gasteiger partial charge in [-0.05, 0) is 12.5 Å². The van der Waals surface area contributed by atoms with Crippen molar-refractivity contribution in [3.05, 3.63) is 72.4 Å². The van der Waals surface area contributed by atoms with E-state index in [1.165, 1.54) is 6.08 Å². The third-order valence-electron chi connectivity index (χ3n) is 2.67. The quantitative estimate of drug-likeness (QED) is 0.598. The molecular formula is C17H19NO3. The molecule has 1 aromatic rings. The Morgan fingerprint density at radius 2 is 1.81 bits per heavy atom. The summed E-state index contributed by atoms with van der Waals surface area (Å²) in [4.78, 5) is 22.7. The number of carboxylic acids is 1. The van der Waals surface area contributed by atoms with Gasteiger partial charge in [-0.3, -0.25) is 9.59 Å². The monoisotopic (exact) mass is 285 g/mol. The lowest BCUT2D eigenvalue weighted by Crippen LogP contribution is -2.28. The van der Waals surface area contributed by atoms with Gasteiger partial charge in [0.2, 0.25) is 5.91 Å². The minimum atomic E-state index is -0.957. The molecule has 1 rings (SSSR count).